The average Bonchev–Trinajstić information content (AvgIpc) is 3.64. The van der Waals surface area contributed by atoms with Crippen molar-refractivity contribution in [3.05, 3.63) is 17.7 Å². The Morgan fingerprint density at radius 1 is 1.03 bits per heavy atom. The van der Waals surface area contributed by atoms with E-state index in [0.29, 0.717) is 19.4 Å². The summed E-state index contributed by atoms with van der Waals surface area (Å²) in [4.78, 5) is 62.5. The number of aromatic amines is 1. The smallest absolute Gasteiger partial charge is 0.407 e. The molecular weight excluding hydrogens is 474 g/mol. The number of nitrogens with one attached hydrogen (secondary N) is 2. The largest absolute Gasteiger partial charge is 0.453 e. The van der Waals surface area contributed by atoms with Crippen molar-refractivity contribution >= 4 is 23.7 Å². The van der Waals surface area contributed by atoms with E-state index in [1.807, 2.05) is 25.7 Å². The molecule has 0 aromatic carbocycles. The monoisotopic (exact) mass is 517 g/mol. The van der Waals surface area contributed by atoms with E-state index in [1.165, 1.54) is 7.11 Å². The Morgan fingerprint density at radius 2 is 1.70 bits per heavy atom. The third-order valence-electron chi connectivity index (χ3n) is 7.83. The normalized spacial score (nSPS) is 21.4. The summed E-state index contributed by atoms with van der Waals surface area (Å²) in [5.41, 5.74) is 0.850. The van der Waals surface area contributed by atoms with Gasteiger partial charge in [0.2, 0.25) is 11.8 Å². The molecule has 10 heteroatoms. The summed E-state index contributed by atoms with van der Waals surface area (Å²) >= 11 is 0. The molecule has 3 heterocycles. The van der Waals surface area contributed by atoms with Gasteiger partial charge in [0.05, 0.1) is 19.2 Å². The lowest BCUT2D eigenvalue weighted by atomic mass is 9.96. The van der Waals surface area contributed by atoms with E-state index in [4.69, 9.17) is 0 Å². The van der Waals surface area contributed by atoms with Gasteiger partial charge in [-0.05, 0) is 43.9 Å². The van der Waals surface area contributed by atoms with E-state index in [1.54, 1.807) is 11.1 Å². The lowest BCUT2D eigenvalue weighted by Gasteiger charge is -2.30. The highest BCUT2D eigenvalue weighted by Gasteiger charge is 2.39. The number of hydrogen-bond acceptors (Lipinski definition) is 6. The molecule has 2 saturated heterocycles. The number of carbonyl (C=O) groups excluding carboxylic acids is 4. The Morgan fingerprint density at radius 3 is 2.35 bits per heavy atom. The van der Waals surface area contributed by atoms with Gasteiger partial charge in [-0.2, -0.15) is 0 Å². The first-order valence-corrected chi connectivity index (χ1v) is 13.6. The standard InChI is InChI=1S/C27H43N5O5/c1-16(2)18(5)25(34)32-14-8-10-21(32)24-28-15-19(29-24)11-12-22(33)20-9-7-13-31(20)26(35)23(17(3)4)30-27(36)37-6/h15-18,20-21,23H,7-14H2,1-6H3,(H,28,29)(H,30,36)/t18-,20-,21-,23-/m0/s1. The maximum Gasteiger partial charge on any atom is 0.407 e. The molecule has 3 amide bonds. The zero-order valence-corrected chi connectivity index (χ0v) is 23.1. The minimum atomic E-state index is -0.744. The van der Waals surface area contributed by atoms with Gasteiger partial charge in [-0.25, -0.2) is 9.78 Å². The molecule has 0 spiro atoms. The number of likely N-dealkylation sites (tertiary alicyclic amines) is 2. The van der Waals surface area contributed by atoms with E-state index in [-0.39, 0.29) is 47.8 Å². The van der Waals surface area contributed by atoms with Crippen LogP contribution in [0.2, 0.25) is 0 Å². The highest BCUT2D eigenvalue weighted by atomic mass is 16.5. The van der Waals surface area contributed by atoms with Crippen molar-refractivity contribution in [1.29, 1.82) is 0 Å². The molecule has 3 rings (SSSR count). The molecule has 4 atom stereocenters. The Kier molecular flexibility index (Phi) is 9.73. The number of aromatic nitrogens is 2. The highest BCUT2D eigenvalue weighted by Crippen LogP contribution is 2.32. The zero-order chi connectivity index (χ0) is 27.3. The maximum absolute atomic E-state index is 13.2. The van der Waals surface area contributed by atoms with Crippen molar-refractivity contribution in [3.63, 3.8) is 0 Å². The molecule has 0 aliphatic carbocycles. The summed E-state index contributed by atoms with van der Waals surface area (Å²) < 4.78 is 4.67. The van der Waals surface area contributed by atoms with Gasteiger partial charge in [-0.1, -0.05) is 34.6 Å². The number of amides is 3. The van der Waals surface area contributed by atoms with Crippen LogP contribution in [0.5, 0.6) is 0 Å². The molecule has 0 saturated carbocycles. The number of nitrogens with zero attached hydrogens (tertiary/aromatic N) is 3. The predicted molar refractivity (Wildman–Crippen MR) is 139 cm³/mol. The molecule has 10 nitrogen and oxygen atoms in total. The summed E-state index contributed by atoms with van der Waals surface area (Å²) in [6.07, 6.45) is 5.05. The minimum Gasteiger partial charge on any atom is -0.453 e. The molecule has 2 N–H and O–H groups in total. The minimum absolute atomic E-state index is 0.00556. The Hall–Kier alpha value is -2.91. The molecule has 2 fully saturated rings. The summed E-state index contributed by atoms with van der Waals surface area (Å²) in [5.74, 6) is 0.794. The molecule has 0 unspecified atom stereocenters. The number of ketones is 1. The lowest BCUT2D eigenvalue weighted by molar-refractivity contribution is -0.140. The molecule has 2 aliphatic rings. The Bertz CT molecular complexity index is 974. The van der Waals surface area contributed by atoms with Crippen molar-refractivity contribution in [2.24, 2.45) is 17.8 Å². The van der Waals surface area contributed by atoms with Crippen LogP contribution in [0.15, 0.2) is 6.20 Å². The van der Waals surface area contributed by atoms with Crippen molar-refractivity contribution in [2.75, 3.05) is 20.2 Å². The highest BCUT2D eigenvalue weighted by molar-refractivity contribution is 5.93. The molecule has 0 radical (unpaired) electrons. The van der Waals surface area contributed by atoms with Crippen LogP contribution in [0.1, 0.15) is 84.3 Å². The van der Waals surface area contributed by atoms with Crippen LogP contribution in [-0.4, -0.2) is 75.7 Å². The maximum atomic E-state index is 13.2. The fraction of sp³-hybridized carbons (Fsp3) is 0.741. The van der Waals surface area contributed by atoms with Crippen LogP contribution in [0, 0.1) is 17.8 Å². The van der Waals surface area contributed by atoms with E-state index in [2.05, 4.69) is 33.9 Å². The Balaban J connectivity index is 1.60. The molecule has 1 aromatic rings. The molecule has 37 heavy (non-hydrogen) atoms. The number of carbonyl (C=O) groups is 4. The van der Waals surface area contributed by atoms with Gasteiger partial charge in [0, 0.05) is 37.3 Å². The van der Waals surface area contributed by atoms with Crippen LogP contribution in [0.25, 0.3) is 0 Å². The quantitative estimate of drug-likeness (QED) is 0.491. The first-order chi connectivity index (χ1) is 17.5. The molecular formula is C27H43N5O5. The average molecular weight is 518 g/mol. The lowest BCUT2D eigenvalue weighted by Crippen LogP contribution is -2.53. The fourth-order valence-corrected chi connectivity index (χ4v) is 5.20. The van der Waals surface area contributed by atoms with Crippen LogP contribution in [0.4, 0.5) is 4.79 Å². The van der Waals surface area contributed by atoms with Gasteiger partial charge < -0.3 is 24.8 Å². The predicted octanol–water partition coefficient (Wildman–Crippen LogP) is 3.24. The van der Waals surface area contributed by atoms with Crippen molar-refractivity contribution < 1.29 is 23.9 Å². The van der Waals surface area contributed by atoms with Crippen LogP contribution in [-0.2, 0) is 25.5 Å². The number of hydrogen-bond donors (Lipinski definition) is 2. The third kappa shape index (κ3) is 6.70. The van der Waals surface area contributed by atoms with Crippen molar-refractivity contribution in [1.82, 2.24) is 25.1 Å². The van der Waals surface area contributed by atoms with Gasteiger partial charge in [-0.15, -0.1) is 0 Å². The number of imidazole rings is 1. The zero-order valence-electron chi connectivity index (χ0n) is 23.1. The molecule has 1 aromatic heterocycles. The summed E-state index contributed by atoms with van der Waals surface area (Å²) in [6, 6.07) is -1.29. The SMILES string of the molecule is COC(=O)N[C@H](C(=O)N1CCC[C@H]1C(=O)CCc1cnc([C@@H]2CCCN2C(=O)[C@@H](C)C(C)C)[nH]1)C(C)C. The fourth-order valence-electron chi connectivity index (χ4n) is 5.20. The summed E-state index contributed by atoms with van der Waals surface area (Å²) in [7, 11) is 1.26. The first kappa shape index (κ1) is 28.7. The van der Waals surface area contributed by atoms with Gasteiger partial charge in [-0.3, -0.25) is 14.4 Å². The second-order valence-electron chi connectivity index (χ2n) is 11.0. The van der Waals surface area contributed by atoms with Gasteiger partial charge in [0.1, 0.15) is 11.9 Å². The van der Waals surface area contributed by atoms with Gasteiger partial charge in [0.15, 0.2) is 5.78 Å². The number of alkyl carbamates (subject to hydrolysis) is 1. The van der Waals surface area contributed by atoms with Gasteiger partial charge in [0.25, 0.3) is 0 Å². The van der Waals surface area contributed by atoms with E-state index in [0.717, 1.165) is 37.3 Å². The van der Waals surface area contributed by atoms with Crippen LogP contribution in [0.3, 0.4) is 0 Å². The van der Waals surface area contributed by atoms with E-state index < -0.39 is 18.2 Å². The number of H-pyrrole nitrogens is 1. The summed E-state index contributed by atoms with van der Waals surface area (Å²) in [6.45, 7) is 11.0. The van der Waals surface area contributed by atoms with E-state index in [9.17, 15) is 19.2 Å². The number of rotatable bonds is 10. The molecule has 2 aliphatic heterocycles. The van der Waals surface area contributed by atoms with Crippen LogP contribution < -0.4 is 5.32 Å². The first-order valence-electron chi connectivity index (χ1n) is 13.6. The van der Waals surface area contributed by atoms with E-state index >= 15 is 0 Å². The number of methoxy groups -OCH3 is 1. The third-order valence-corrected chi connectivity index (χ3v) is 7.83. The van der Waals surface area contributed by atoms with Crippen molar-refractivity contribution in [2.45, 2.75) is 91.3 Å². The topological polar surface area (TPSA) is 125 Å². The van der Waals surface area contributed by atoms with Crippen LogP contribution >= 0.6 is 0 Å². The molecule has 0 bridgehead atoms. The second kappa shape index (κ2) is 12.6. The number of Topliss-reactive ketones (excluding diaryl/α,β-unsaturated/α-hetero) is 1. The van der Waals surface area contributed by atoms with Crippen molar-refractivity contribution in [3.8, 4) is 0 Å². The molecule has 206 valence electrons. The number of ether oxygens (including phenoxy) is 1. The number of aryl methyl sites for hydroxylation is 1. The van der Waals surface area contributed by atoms with Gasteiger partial charge >= 0.3 is 6.09 Å². The second-order valence-corrected chi connectivity index (χ2v) is 11.0. The Labute approximate surface area is 219 Å². The summed E-state index contributed by atoms with van der Waals surface area (Å²) in [5, 5.41) is 2.61.